The van der Waals surface area contributed by atoms with Crippen LogP contribution < -0.4 is 14.8 Å². The summed E-state index contributed by atoms with van der Waals surface area (Å²) in [5.74, 6) is 0.170. The molecule has 1 N–H and O–H groups in total. The molecule has 1 heterocycles. The van der Waals surface area contributed by atoms with E-state index in [-0.39, 0.29) is 19.1 Å². The Hall–Kier alpha value is -4.06. The molecule has 6 nitrogen and oxygen atoms in total. The van der Waals surface area contributed by atoms with Gasteiger partial charge in [-0.3, -0.25) is 4.79 Å². The van der Waals surface area contributed by atoms with Gasteiger partial charge < -0.3 is 19.5 Å². The van der Waals surface area contributed by atoms with Crippen molar-refractivity contribution in [2.24, 2.45) is 0 Å². The molecule has 1 amide bonds. The van der Waals surface area contributed by atoms with Crippen molar-refractivity contribution in [3.05, 3.63) is 101 Å². The Labute approximate surface area is 173 Å². The third-order valence-electron chi connectivity index (χ3n) is 4.42. The molecular weight excluding hydrogens is 382 g/mol. The maximum absolute atomic E-state index is 12.8. The van der Waals surface area contributed by atoms with E-state index in [1.54, 1.807) is 48.5 Å². The third kappa shape index (κ3) is 4.67. The second-order valence-corrected chi connectivity index (χ2v) is 6.55. The molecule has 30 heavy (non-hydrogen) atoms. The van der Waals surface area contributed by atoms with Gasteiger partial charge in [-0.25, -0.2) is 4.79 Å². The lowest BCUT2D eigenvalue weighted by molar-refractivity contribution is -0.140. The van der Waals surface area contributed by atoms with E-state index in [9.17, 15) is 9.59 Å². The highest BCUT2D eigenvalue weighted by Gasteiger charge is 2.18. The SMILES string of the molecule is O=C(OCc1ccccc1)/C(=C\c1ccc2c(c1)OCO2)NC(=O)c1ccccc1. The van der Waals surface area contributed by atoms with Crippen LogP contribution in [0.15, 0.2) is 84.6 Å². The van der Waals surface area contributed by atoms with Gasteiger partial charge in [0.1, 0.15) is 12.3 Å². The summed E-state index contributed by atoms with van der Waals surface area (Å²) in [6.45, 7) is 0.249. The van der Waals surface area contributed by atoms with Crippen LogP contribution in [0.1, 0.15) is 21.5 Å². The molecule has 0 saturated carbocycles. The van der Waals surface area contributed by atoms with Gasteiger partial charge in [0.05, 0.1) is 0 Å². The number of ether oxygens (including phenoxy) is 3. The molecule has 150 valence electrons. The second kappa shape index (κ2) is 8.96. The van der Waals surface area contributed by atoms with Crippen molar-refractivity contribution in [3.63, 3.8) is 0 Å². The van der Waals surface area contributed by atoms with Gasteiger partial charge in [-0.05, 0) is 41.5 Å². The van der Waals surface area contributed by atoms with Crippen LogP contribution in [0.3, 0.4) is 0 Å². The maximum atomic E-state index is 12.8. The highest BCUT2D eigenvalue weighted by Crippen LogP contribution is 2.33. The smallest absolute Gasteiger partial charge is 0.355 e. The summed E-state index contributed by atoms with van der Waals surface area (Å²) in [5.41, 5.74) is 1.98. The predicted molar refractivity (Wildman–Crippen MR) is 111 cm³/mol. The van der Waals surface area contributed by atoms with Crippen molar-refractivity contribution in [2.45, 2.75) is 6.61 Å². The van der Waals surface area contributed by atoms with E-state index in [0.29, 0.717) is 22.6 Å². The number of carbonyl (C=O) groups is 2. The molecule has 6 heteroatoms. The van der Waals surface area contributed by atoms with Crippen LogP contribution in [-0.2, 0) is 16.1 Å². The first-order chi connectivity index (χ1) is 14.7. The molecule has 0 spiro atoms. The van der Waals surface area contributed by atoms with Crippen LogP contribution in [-0.4, -0.2) is 18.7 Å². The molecule has 0 fully saturated rings. The number of rotatable bonds is 6. The summed E-state index contributed by atoms with van der Waals surface area (Å²) in [7, 11) is 0. The Morgan fingerprint density at radius 2 is 1.60 bits per heavy atom. The Kier molecular flexibility index (Phi) is 5.75. The van der Waals surface area contributed by atoms with E-state index in [1.165, 1.54) is 0 Å². The molecule has 3 aromatic rings. The van der Waals surface area contributed by atoms with Gasteiger partial charge in [-0.2, -0.15) is 0 Å². The van der Waals surface area contributed by atoms with Crippen LogP contribution in [0.4, 0.5) is 0 Å². The van der Waals surface area contributed by atoms with Crippen LogP contribution in [0.5, 0.6) is 11.5 Å². The number of esters is 1. The summed E-state index contributed by atoms with van der Waals surface area (Å²) in [6.07, 6.45) is 1.55. The molecule has 1 aliphatic rings. The first-order valence-corrected chi connectivity index (χ1v) is 9.38. The minimum atomic E-state index is -0.638. The largest absolute Gasteiger partial charge is 0.456 e. The average Bonchev–Trinajstić information content (AvgIpc) is 3.26. The van der Waals surface area contributed by atoms with Gasteiger partial charge in [0.15, 0.2) is 11.5 Å². The second-order valence-electron chi connectivity index (χ2n) is 6.55. The molecule has 0 atom stereocenters. The number of nitrogens with one attached hydrogen (secondary N) is 1. The molecule has 0 saturated heterocycles. The van der Waals surface area contributed by atoms with Crippen molar-refractivity contribution < 1.29 is 23.8 Å². The van der Waals surface area contributed by atoms with Crippen LogP contribution in [0, 0.1) is 0 Å². The minimum Gasteiger partial charge on any atom is -0.456 e. The van der Waals surface area contributed by atoms with E-state index < -0.39 is 11.9 Å². The zero-order valence-corrected chi connectivity index (χ0v) is 16.0. The number of amides is 1. The summed E-state index contributed by atoms with van der Waals surface area (Å²) in [5, 5.41) is 2.66. The van der Waals surface area contributed by atoms with Crippen LogP contribution in [0.2, 0.25) is 0 Å². The fourth-order valence-corrected chi connectivity index (χ4v) is 2.90. The Morgan fingerprint density at radius 3 is 2.37 bits per heavy atom. The monoisotopic (exact) mass is 401 g/mol. The van der Waals surface area contributed by atoms with E-state index in [4.69, 9.17) is 14.2 Å². The van der Waals surface area contributed by atoms with Crippen molar-refractivity contribution >= 4 is 18.0 Å². The van der Waals surface area contributed by atoms with E-state index >= 15 is 0 Å². The number of carbonyl (C=O) groups excluding carboxylic acids is 2. The molecular formula is C24H19NO5. The number of hydrogen-bond acceptors (Lipinski definition) is 5. The summed E-state index contributed by atoms with van der Waals surface area (Å²) >= 11 is 0. The van der Waals surface area contributed by atoms with Gasteiger partial charge in [0.25, 0.3) is 5.91 Å². The van der Waals surface area contributed by atoms with E-state index in [0.717, 1.165) is 5.56 Å². The highest BCUT2D eigenvalue weighted by atomic mass is 16.7. The number of fused-ring (bicyclic) bond motifs is 1. The highest BCUT2D eigenvalue weighted by molar-refractivity contribution is 6.03. The third-order valence-corrected chi connectivity index (χ3v) is 4.42. The Morgan fingerprint density at radius 1 is 0.900 bits per heavy atom. The van der Waals surface area contributed by atoms with Crippen molar-refractivity contribution in [2.75, 3.05) is 6.79 Å². The molecule has 0 aliphatic carbocycles. The van der Waals surface area contributed by atoms with Crippen LogP contribution >= 0.6 is 0 Å². The van der Waals surface area contributed by atoms with Gasteiger partial charge in [0.2, 0.25) is 6.79 Å². The average molecular weight is 401 g/mol. The molecule has 4 rings (SSSR count). The van der Waals surface area contributed by atoms with Gasteiger partial charge in [0, 0.05) is 5.56 Å². The van der Waals surface area contributed by atoms with Gasteiger partial charge >= 0.3 is 5.97 Å². The Bertz CT molecular complexity index is 1080. The number of benzene rings is 3. The first-order valence-electron chi connectivity index (χ1n) is 9.38. The van der Waals surface area contributed by atoms with E-state index in [2.05, 4.69) is 5.32 Å². The zero-order valence-electron chi connectivity index (χ0n) is 16.0. The topological polar surface area (TPSA) is 73.9 Å². The summed E-state index contributed by atoms with van der Waals surface area (Å²) in [6, 6.07) is 23.2. The molecule has 0 unspecified atom stereocenters. The number of hydrogen-bond donors (Lipinski definition) is 1. The van der Waals surface area contributed by atoms with Crippen molar-refractivity contribution in [3.8, 4) is 11.5 Å². The molecule has 1 aliphatic heterocycles. The van der Waals surface area contributed by atoms with Crippen LogP contribution in [0.25, 0.3) is 6.08 Å². The fourth-order valence-electron chi connectivity index (χ4n) is 2.90. The molecule has 0 radical (unpaired) electrons. The van der Waals surface area contributed by atoms with Gasteiger partial charge in [-0.15, -0.1) is 0 Å². The Balaban J connectivity index is 1.56. The lowest BCUT2D eigenvalue weighted by Gasteiger charge is -2.11. The fraction of sp³-hybridized carbons (Fsp3) is 0.0833. The van der Waals surface area contributed by atoms with Gasteiger partial charge in [-0.1, -0.05) is 54.6 Å². The minimum absolute atomic E-state index is 0.0265. The molecule has 0 aromatic heterocycles. The zero-order chi connectivity index (χ0) is 20.8. The maximum Gasteiger partial charge on any atom is 0.355 e. The first kappa shape index (κ1) is 19.3. The van der Waals surface area contributed by atoms with Crippen molar-refractivity contribution in [1.82, 2.24) is 5.32 Å². The lowest BCUT2D eigenvalue weighted by Crippen LogP contribution is -2.28. The lowest BCUT2D eigenvalue weighted by atomic mass is 10.1. The molecule has 0 bridgehead atoms. The predicted octanol–water partition coefficient (Wildman–Crippen LogP) is 3.93. The summed E-state index contributed by atoms with van der Waals surface area (Å²) < 4.78 is 16.1. The molecule has 3 aromatic carbocycles. The summed E-state index contributed by atoms with van der Waals surface area (Å²) in [4.78, 5) is 25.4. The normalized spacial score (nSPS) is 12.3. The van der Waals surface area contributed by atoms with Crippen molar-refractivity contribution in [1.29, 1.82) is 0 Å². The quantitative estimate of drug-likeness (QED) is 0.500. The standard InChI is InChI=1S/C24H19NO5/c26-23(19-9-5-2-6-10-19)25-20(24(27)28-15-17-7-3-1-4-8-17)13-18-11-12-21-22(14-18)30-16-29-21/h1-14H,15-16H2,(H,25,26)/b20-13+. The van der Waals surface area contributed by atoms with E-state index in [1.807, 2.05) is 36.4 Å².